The van der Waals surface area contributed by atoms with Crippen molar-refractivity contribution in [2.75, 3.05) is 7.11 Å². The second-order valence-corrected chi connectivity index (χ2v) is 7.84. The first-order valence-corrected chi connectivity index (χ1v) is 9.79. The normalized spacial score (nSPS) is 16.0. The molecule has 1 aliphatic carbocycles. The predicted molar refractivity (Wildman–Crippen MR) is 102 cm³/mol. The molecule has 4 rings (SSSR count). The summed E-state index contributed by atoms with van der Waals surface area (Å²) in [6, 6.07) is 6.91. The molecule has 28 heavy (non-hydrogen) atoms. The highest BCUT2D eigenvalue weighted by Crippen LogP contribution is 2.32. The predicted octanol–water partition coefficient (Wildman–Crippen LogP) is 4.17. The van der Waals surface area contributed by atoms with Gasteiger partial charge in [0, 0.05) is 29.3 Å². The van der Waals surface area contributed by atoms with Crippen LogP contribution in [0.2, 0.25) is 0 Å². The summed E-state index contributed by atoms with van der Waals surface area (Å²) in [6.45, 7) is 0.474. The van der Waals surface area contributed by atoms with Gasteiger partial charge in [0.1, 0.15) is 11.5 Å². The molecule has 1 atom stereocenters. The molecular formula is C20H19F2N3O2S. The van der Waals surface area contributed by atoms with Gasteiger partial charge in [-0.15, -0.1) is 11.3 Å². The lowest BCUT2D eigenvalue weighted by Gasteiger charge is -2.24. The standard InChI is InChI=1S/C20H19F2N3O2S/c1-27-11-13-6-8-19(28-13)20(26)24-16-3-2-4-17-14(16)10-23-25(17)18-7-5-12(21)9-15(18)22/h5-10,16H,2-4,11H2,1H3,(H,24,26)/t16-/m1/s1. The molecule has 2 heterocycles. The fourth-order valence-electron chi connectivity index (χ4n) is 3.52. The summed E-state index contributed by atoms with van der Waals surface area (Å²) in [5.74, 6) is -1.44. The van der Waals surface area contributed by atoms with Crippen LogP contribution in [0.1, 0.15) is 44.7 Å². The number of hydrogen-bond acceptors (Lipinski definition) is 4. The van der Waals surface area contributed by atoms with Gasteiger partial charge in [0.2, 0.25) is 0 Å². The maximum atomic E-state index is 14.2. The molecule has 0 bridgehead atoms. The fourth-order valence-corrected chi connectivity index (χ4v) is 4.40. The molecule has 0 aliphatic heterocycles. The van der Waals surface area contributed by atoms with Crippen LogP contribution in [0, 0.1) is 11.6 Å². The van der Waals surface area contributed by atoms with E-state index in [1.54, 1.807) is 19.4 Å². The fraction of sp³-hybridized carbons (Fsp3) is 0.300. The zero-order chi connectivity index (χ0) is 19.7. The molecular weight excluding hydrogens is 384 g/mol. The number of nitrogens with zero attached hydrogens (tertiary/aromatic N) is 2. The molecule has 1 N–H and O–H groups in total. The molecule has 8 heteroatoms. The van der Waals surface area contributed by atoms with E-state index in [2.05, 4.69) is 10.4 Å². The molecule has 146 valence electrons. The van der Waals surface area contributed by atoms with Crippen LogP contribution in [0.5, 0.6) is 0 Å². The molecule has 0 saturated carbocycles. The third kappa shape index (κ3) is 3.57. The number of hydrogen-bond donors (Lipinski definition) is 1. The van der Waals surface area contributed by atoms with Crippen LogP contribution in [-0.2, 0) is 17.8 Å². The van der Waals surface area contributed by atoms with Crippen LogP contribution in [0.4, 0.5) is 8.78 Å². The van der Waals surface area contributed by atoms with E-state index >= 15 is 0 Å². The van der Waals surface area contributed by atoms with Crippen LogP contribution in [0.15, 0.2) is 36.5 Å². The van der Waals surface area contributed by atoms with E-state index in [1.807, 2.05) is 6.07 Å². The number of aromatic nitrogens is 2. The highest BCUT2D eigenvalue weighted by Gasteiger charge is 2.27. The third-order valence-corrected chi connectivity index (χ3v) is 5.86. The van der Waals surface area contributed by atoms with Gasteiger partial charge in [-0.1, -0.05) is 0 Å². The van der Waals surface area contributed by atoms with Crippen LogP contribution < -0.4 is 5.32 Å². The maximum Gasteiger partial charge on any atom is 0.261 e. The number of ether oxygens (including phenoxy) is 1. The summed E-state index contributed by atoms with van der Waals surface area (Å²) in [5, 5.41) is 7.37. The van der Waals surface area contributed by atoms with Crippen molar-refractivity contribution >= 4 is 17.2 Å². The molecule has 1 aliphatic rings. The van der Waals surface area contributed by atoms with Crippen LogP contribution in [-0.4, -0.2) is 22.8 Å². The Bertz CT molecular complexity index is 1010. The molecule has 1 amide bonds. The SMILES string of the molecule is COCc1ccc(C(=O)N[C@@H]2CCCc3c2cnn3-c2ccc(F)cc2F)s1. The Morgan fingerprint density at radius 2 is 2.21 bits per heavy atom. The van der Waals surface area contributed by atoms with Crippen molar-refractivity contribution in [3.63, 3.8) is 0 Å². The average molecular weight is 403 g/mol. The number of nitrogens with one attached hydrogen (secondary N) is 1. The van der Waals surface area contributed by atoms with Gasteiger partial charge in [0.15, 0.2) is 5.82 Å². The van der Waals surface area contributed by atoms with E-state index in [0.29, 0.717) is 11.5 Å². The number of amides is 1. The summed E-state index contributed by atoms with van der Waals surface area (Å²) in [5.41, 5.74) is 1.92. The first-order chi connectivity index (χ1) is 13.6. The summed E-state index contributed by atoms with van der Waals surface area (Å²) in [6.07, 6.45) is 4.00. The first-order valence-electron chi connectivity index (χ1n) is 8.97. The van der Waals surface area contributed by atoms with Crippen LogP contribution >= 0.6 is 11.3 Å². The molecule has 1 aromatic carbocycles. The van der Waals surface area contributed by atoms with E-state index < -0.39 is 11.6 Å². The van der Waals surface area contributed by atoms with Crippen molar-refractivity contribution in [2.24, 2.45) is 0 Å². The molecule has 2 aromatic heterocycles. The molecule has 3 aromatic rings. The largest absolute Gasteiger partial charge is 0.379 e. The lowest BCUT2D eigenvalue weighted by molar-refractivity contribution is 0.0937. The Kier molecular flexibility index (Phi) is 5.23. The smallest absolute Gasteiger partial charge is 0.261 e. The number of fused-ring (bicyclic) bond motifs is 1. The lowest BCUT2D eigenvalue weighted by Crippen LogP contribution is -2.30. The van der Waals surface area contributed by atoms with Gasteiger partial charge in [-0.25, -0.2) is 13.5 Å². The Morgan fingerprint density at radius 3 is 3.00 bits per heavy atom. The second kappa shape index (κ2) is 7.81. The molecule has 0 fully saturated rings. The van der Waals surface area contributed by atoms with Crippen molar-refractivity contribution < 1.29 is 18.3 Å². The van der Waals surface area contributed by atoms with E-state index in [0.717, 1.165) is 41.5 Å². The Hall–Kier alpha value is -2.58. The minimum atomic E-state index is -0.665. The van der Waals surface area contributed by atoms with E-state index in [1.165, 1.54) is 28.2 Å². The van der Waals surface area contributed by atoms with Crippen molar-refractivity contribution in [2.45, 2.75) is 31.9 Å². The molecule has 0 spiro atoms. The van der Waals surface area contributed by atoms with Gasteiger partial charge in [-0.3, -0.25) is 4.79 Å². The topological polar surface area (TPSA) is 56.1 Å². The van der Waals surface area contributed by atoms with Crippen molar-refractivity contribution in [1.29, 1.82) is 0 Å². The minimum absolute atomic E-state index is 0.147. The van der Waals surface area contributed by atoms with Gasteiger partial charge in [0.25, 0.3) is 5.91 Å². The van der Waals surface area contributed by atoms with Crippen LogP contribution in [0.3, 0.4) is 0 Å². The quantitative estimate of drug-likeness (QED) is 0.696. The molecule has 0 unspecified atom stereocenters. The monoisotopic (exact) mass is 403 g/mol. The van der Waals surface area contributed by atoms with Gasteiger partial charge < -0.3 is 10.1 Å². The highest BCUT2D eigenvalue weighted by molar-refractivity contribution is 7.14. The summed E-state index contributed by atoms with van der Waals surface area (Å²) < 4.78 is 34.0. The minimum Gasteiger partial charge on any atom is -0.379 e. The number of methoxy groups -OCH3 is 1. The second-order valence-electron chi connectivity index (χ2n) is 6.67. The third-order valence-electron chi connectivity index (χ3n) is 4.80. The number of thiophene rings is 1. The van der Waals surface area contributed by atoms with Crippen molar-refractivity contribution in [3.05, 3.63) is 69.2 Å². The summed E-state index contributed by atoms with van der Waals surface area (Å²) >= 11 is 1.40. The van der Waals surface area contributed by atoms with E-state index in [4.69, 9.17) is 4.74 Å². The van der Waals surface area contributed by atoms with Crippen molar-refractivity contribution in [3.8, 4) is 5.69 Å². The van der Waals surface area contributed by atoms with Gasteiger partial charge >= 0.3 is 0 Å². The average Bonchev–Trinajstić information content (AvgIpc) is 3.30. The molecule has 5 nitrogen and oxygen atoms in total. The first kappa shape index (κ1) is 18.8. The summed E-state index contributed by atoms with van der Waals surface area (Å²) in [7, 11) is 1.62. The molecule has 0 radical (unpaired) electrons. The number of benzene rings is 1. The Labute approximate surface area is 164 Å². The zero-order valence-electron chi connectivity index (χ0n) is 15.2. The van der Waals surface area contributed by atoms with Gasteiger partial charge in [0.05, 0.1) is 23.7 Å². The van der Waals surface area contributed by atoms with E-state index in [9.17, 15) is 13.6 Å². The molecule has 0 saturated heterocycles. The number of carbonyl (C=O) groups excluding carboxylic acids is 1. The van der Waals surface area contributed by atoms with Gasteiger partial charge in [-0.2, -0.15) is 5.10 Å². The van der Waals surface area contributed by atoms with Crippen molar-refractivity contribution in [1.82, 2.24) is 15.1 Å². The Morgan fingerprint density at radius 1 is 1.36 bits per heavy atom. The number of halogens is 2. The number of carbonyl (C=O) groups is 1. The number of rotatable bonds is 5. The Balaban J connectivity index is 1.57. The van der Waals surface area contributed by atoms with Crippen LogP contribution in [0.25, 0.3) is 5.69 Å². The maximum absolute atomic E-state index is 14.2. The van der Waals surface area contributed by atoms with E-state index in [-0.39, 0.29) is 17.6 Å². The zero-order valence-corrected chi connectivity index (χ0v) is 16.1. The lowest BCUT2D eigenvalue weighted by atomic mass is 9.93. The highest BCUT2D eigenvalue weighted by atomic mass is 32.1. The van der Waals surface area contributed by atoms with Gasteiger partial charge in [-0.05, 0) is 43.5 Å². The summed E-state index contributed by atoms with van der Waals surface area (Å²) in [4.78, 5) is 14.2.